The molecule has 3 aromatic rings. The number of aromatic nitrogens is 3. The van der Waals surface area contributed by atoms with Crippen LogP contribution >= 0.6 is 30.3 Å². The monoisotopic (exact) mass is 509 g/mol. The molecular weight excluding hydrogens is 488 g/mol. The van der Waals surface area contributed by atoms with Crippen molar-refractivity contribution >= 4 is 53.9 Å². The van der Waals surface area contributed by atoms with Crippen molar-refractivity contribution in [2.45, 2.75) is 38.9 Å². The van der Waals surface area contributed by atoms with Gasteiger partial charge in [0.15, 0.2) is 5.65 Å². The Bertz CT molecular complexity index is 1020. The van der Waals surface area contributed by atoms with Crippen molar-refractivity contribution in [2.24, 2.45) is 0 Å². The van der Waals surface area contributed by atoms with E-state index in [4.69, 9.17) is 19.0 Å². The SMILES string of the molecule is COc1ncccc1-c1cn(SI)c2ncc(B3OC(C)(C)C(C)(C)O3)cc12. The fraction of sp³-hybridized carbons (Fsp3) is 0.368. The van der Waals surface area contributed by atoms with Gasteiger partial charge in [-0.3, -0.25) is 3.97 Å². The number of halogens is 1. The van der Waals surface area contributed by atoms with Crippen LogP contribution < -0.4 is 10.2 Å². The Balaban J connectivity index is 1.86. The maximum Gasteiger partial charge on any atom is 0.496 e. The lowest BCUT2D eigenvalue weighted by molar-refractivity contribution is 0.00578. The number of nitrogens with zero attached hydrogens (tertiary/aromatic N) is 3. The van der Waals surface area contributed by atoms with E-state index in [0.717, 1.165) is 27.6 Å². The molecule has 6 nitrogen and oxygen atoms in total. The van der Waals surface area contributed by atoms with Gasteiger partial charge in [-0.15, -0.1) is 0 Å². The van der Waals surface area contributed by atoms with Crippen LogP contribution in [-0.4, -0.2) is 39.4 Å². The normalized spacial score (nSPS) is 18.0. The summed E-state index contributed by atoms with van der Waals surface area (Å²) in [6.45, 7) is 8.20. The molecule has 1 aliphatic heterocycles. The lowest BCUT2D eigenvalue weighted by Crippen LogP contribution is -2.41. The fourth-order valence-corrected chi connectivity index (χ4v) is 4.49. The van der Waals surface area contributed by atoms with Gasteiger partial charge in [0.05, 0.1) is 18.3 Å². The lowest BCUT2D eigenvalue weighted by Gasteiger charge is -2.32. The van der Waals surface area contributed by atoms with Crippen molar-refractivity contribution < 1.29 is 14.0 Å². The van der Waals surface area contributed by atoms with Crippen molar-refractivity contribution in [1.82, 2.24) is 13.9 Å². The first-order valence-electron chi connectivity index (χ1n) is 8.92. The predicted molar refractivity (Wildman–Crippen MR) is 122 cm³/mol. The summed E-state index contributed by atoms with van der Waals surface area (Å²) in [7, 11) is 2.74. The first-order valence-corrected chi connectivity index (χ1v) is 12.2. The Kier molecular flexibility index (Phi) is 5.14. The molecule has 1 saturated heterocycles. The third-order valence-corrected chi connectivity index (χ3v) is 7.19. The van der Waals surface area contributed by atoms with Crippen LogP contribution in [0.25, 0.3) is 22.2 Å². The minimum absolute atomic E-state index is 0.397. The lowest BCUT2D eigenvalue weighted by atomic mass is 9.79. The van der Waals surface area contributed by atoms with Crippen molar-refractivity contribution in [2.75, 3.05) is 7.11 Å². The Morgan fingerprint density at radius 1 is 1.14 bits per heavy atom. The largest absolute Gasteiger partial charge is 0.496 e. The van der Waals surface area contributed by atoms with Crippen molar-refractivity contribution in [3.05, 3.63) is 36.8 Å². The van der Waals surface area contributed by atoms with Gasteiger partial charge in [0.2, 0.25) is 5.88 Å². The minimum Gasteiger partial charge on any atom is -0.481 e. The quantitative estimate of drug-likeness (QED) is 0.388. The standard InChI is InChI=1S/C19H21BIN3O3S/c1-18(2)19(3,4)27-20(26-18)12-9-14-15(11-24(28-21)16(14)23-10-12)13-7-6-8-22-17(13)25-5/h6-11H,1-5H3. The van der Waals surface area contributed by atoms with Crippen LogP contribution in [0.3, 0.4) is 0 Å². The molecule has 9 heteroatoms. The summed E-state index contributed by atoms with van der Waals surface area (Å²) in [5, 5.41) is 1.00. The highest BCUT2D eigenvalue weighted by Crippen LogP contribution is 2.39. The highest BCUT2D eigenvalue weighted by molar-refractivity contribution is 14.2. The molecule has 0 radical (unpaired) electrons. The summed E-state index contributed by atoms with van der Waals surface area (Å²) >= 11 is 2.25. The minimum atomic E-state index is -0.457. The summed E-state index contributed by atoms with van der Waals surface area (Å²) in [5.74, 6) is 0.584. The van der Waals surface area contributed by atoms with Gasteiger partial charge in [0.25, 0.3) is 0 Å². The van der Waals surface area contributed by atoms with E-state index in [0.29, 0.717) is 5.88 Å². The van der Waals surface area contributed by atoms with Gasteiger partial charge in [-0.05, 0) is 45.9 Å². The Labute approximate surface area is 181 Å². The van der Waals surface area contributed by atoms with Crippen molar-refractivity contribution in [1.29, 1.82) is 0 Å². The molecule has 0 aliphatic carbocycles. The van der Waals surface area contributed by atoms with Crippen molar-refractivity contribution in [3.8, 4) is 17.0 Å². The number of fused-ring (bicyclic) bond motifs is 1. The van der Waals surface area contributed by atoms with E-state index in [2.05, 4.69) is 38.5 Å². The first kappa shape index (κ1) is 20.0. The van der Waals surface area contributed by atoms with E-state index in [1.54, 1.807) is 22.4 Å². The molecule has 4 rings (SSSR count). The molecule has 146 valence electrons. The van der Waals surface area contributed by atoms with Crippen LogP contribution in [0.5, 0.6) is 5.88 Å². The molecular formula is C19H21BIN3O3S. The van der Waals surface area contributed by atoms with Gasteiger partial charge in [-0.1, -0.05) is 0 Å². The number of rotatable bonds is 4. The van der Waals surface area contributed by atoms with Crippen LogP contribution in [-0.2, 0) is 9.31 Å². The summed E-state index contributed by atoms with van der Waals surface area (Å²) < 4.78 is 19.9. The van der Waals surface area contributed by atoms with E-state index in [-0.39, 0.29) is 0 Å². The molecule has 0 N–H and O–H groups in total. The molecule has 0 aromatic carbocycles. The summed E-state index contributed by atoms with van der Waals surface area (Å²) in [6, 6.07) is 6.00. The van der Waals surface area contributed by atoms with E-state index in [1.807, 2.05) is 50.0 Å². The van der Waals surface area contributed by atoms with Crippen LogP contribution in [0.4, 0.5) is 0 Å². The summed E-state index contributed by atoms with van der Waals surface area (Å²) in [4.78, 5) is 9.05. The Morgan fingerprint density at radius 3 is 2.50 bits per heavy atom. The Morgan fingerprint density at radius 2 is 1.86 bits per heavy atom. The topological polar surface area (TPSA) is 58.4 Å². The maximum atomic E-state index is 6.21. The molecule has 1 fully saturated rings. The molecule has 0 spiro atoms. The zero-order valence-electron chi connectivity index (χ0n) is 16.4. The van der Waals surface area contributed by atoms with Gasteiger partial charge < -0.3 is 14.0 Å². The van der Waals surface area contributed by atoms with Gasteiger partial charge in [-0.2, -0.15) is 0 Å². The van der Waals surface area contributed by atoms with Crippen LogP contribution in [0.15, 0.2) is 36.8 Å². The number of hydrogen-bond acceptors (Lipinski definition) is 6. The molecule has 1 aliphatic rings. The molecule has 0 saturated carbocycles. The zero-order valence-corrected chi connectivity index (χ0v) is 19.4. The highest BCUT2D eigenvalue weighted by atomic mass is 127. The molecule has 4 heterocycles. The smallest absolute Gasteiger partial charge is 0.481 e. The maximum absolute atomic E-state index is 6.21. The summed E-state index contributed by atoms with van der Waals surface area (Å²) in [6.07, 6.45) is 5.61. The number of methoxy groups -OCH3 is 1. The molecule has 0 bridgehead atoms. The van der Waals surface area contributed by atoms with E-state index >= 15 is 0 Å². The second-order valence-electron chi connectivity index (χ2n) is 7.73. The predicted octanol–water partition coefficient (Wildman–Crippen LogP) is 4.25. The van der Waals surface area contributed by atoms with Crippen LogP contribution in [0.1, 0.15) is 27.7 Å². The molecule has 28 heavy (non-hydrogen) atoms. The van der Waals surface area contributed by atoms with E-state index in [1.165, 1.54) is 0 Å². The average Bonchev–Trinajstić information content (AvgIpc) is 3.14. The second-order valence-corrected chi connectivity index (χ2v) is 9.44. The summed E-state index contributed by atoms with van der Waals surface area (Å²) in [5.41, 5.74) is 2.91. The van der Waals surface area contributed by atoms with E-state index in [9.17, 15) is 0 Å². The van der Waals surface area contributed by atoms with Gasteiger partial charge in [0, 0.05) is 70.9 Å². The van der Waals surface area contributed by atoms with Gasteiger partial charge >= 0.3 is 7.12 Å². The molecule has 0 atom stereocenters. The zero-order chi connectivity index (χ0) is 20.1. The van der Waals surface area contributed by atoms with Crippen LogP contribution in [0, 0.1) is 0 Å². The fourth-order valence-electron chi connectivity index (χ4n) is 3.23. The number of ether oxygens (including phenoxy) is 1. The molecule has 0 unspecified atom stereocenters. The van der Waals surface area contributed by atoms with Crippen LogP contribution in [0.2, 0.25) is 0 Å². The van der Waals surface area contributed by atoms with E-state index < -0.39 is 18.3 Å². The third-order valence-electron chi connectivity index (χ3n) is 5.49. The second kappa shape index (κ2) is 7.19. The Hall–Kier alpha value is -1.30. The van der Waals surface area contributed by atoms with Gasteiger partial charge in [0.1, 0.15) is 0 Å². The highest BCUT2D eigenvalue weighted by Gasteiger charge is 2.51. The number of pyridine rings is 2. The van der Waals surface area contributed by atoms with Crippen molar-refractivity contribution in [3.63, 3.8) is 0 Å². The average molecular weight is 509 g/mol. The first-order chi connectivity index (χ1) is 13.3. The van der Waals surface area contributed by atoms with Gasteiger partial charge in [-0.25, -0.2) is 9.97 Å². The molecule has 0 amide bonds. The third kappa shape index (κ3) is 3.22. The number of hydrogen-bond donors (Lipinski definition) is 0. The molecule has 3 aromatic heterocycles.